The standard InChI is InChI=1S/C15H18N4/c1-19-11-17-10-13(19)9-16-7-6-12-8-18-15-5-3-2-4-14(12)15/h2-5,8,10-11,16,18H,6-7,9H2,1H3. The lowest BCUT2D eigenvalue weighted by Gasteiger charge is -2.05. The Hall–Kier alpha value is -2.07. The van der Waals surface area contributed by atoms with Gasteiger partial charge in [-0.2, -0.15) is 0 Å². The first-order chi connectivity index (χ1) is 9.34. The molecule has 0 spiro atoms. The maximum atomic E-state index is 4.11. The number of fused-ring (bicyclic) bond motifs is 1. The van der Waals surface area contributed by atoms with Crippen LogP contribution in [0.3, 0.4) is 0 Å². The quantitative estimate of drug-likeness (QED) is 0.686. The zero-order valence-electron chi connectivity index (χ0n) is 11.1. The van der Waals surface area contributed by atoms with Crippen LogP contribution in [0.2, 0.25) is 0 Å². The fraction of sp³-hybridized carbons (Fsp3) is 0.267. The van der Waals surface area contributed by atoms with Crippen molar-refractivity contribution in [1.29, 1.82) is 0 Å². The van der Waals surface area contributed by atoms with Crippen molar-refractivity contribution in [3.8, 4) is 0 Å². The molecule has 2 heterocycles. The fourth-order valence-corrected chi connectivity index (χ4v) is 2.33. The number of nitrogens with one attached hydrogen (secondary N) is 2. The first kappa shape index (κ1) is 12.0. The molecule has 0 fully saturated rings. The van der Waals surface area contributed by atoms with Crippen molar-refractivity contribution in [1.82, 2.24) is 19.9 Å². The van der Waals surface area contributed by atoms with Gasteiger partial charge in [0.1, 0.15) is 0 Å². The molecule has 4 nitrogen and oxygen atoms in total. The van der Waals surface area contributed by atoms with Crippen molar-refractivity contribution in [2.75, 3.05) is 6.54 Å². The number of aromatic amines is 1. The van der Waals surface area contributed by atoms with E-state index in [0.717, 1.165) is 19.5 Å². The number of H-pyrrole nitrogens is 1. The van der Waals surface area contributed by atoms with Crippen molar-refractivity contribution >= 4 is 10.9 Å². The minimum Gasteiger partial charge on any atom is -0.361 e. The molecule has 0 radical (unpaired) electrons. The lowest BCUT2D eigenvalue weighted by Crippen LogP contribution is -2.18. The van der Waals surface area contributed by atoms with Crippen molar-refractivity contribution in [3.05, 3.63) is 54.2 Å². The van der Waals surface area contributed by atoms with Crippen molar-refractivity contribution in [2.24, 2.45) is 7.05 Å². The molecule has 2 aromatic heterocycles. The van der Waals surface area contributed by atoms with E-state index in [1.165, 1.54) is 22.2 Å². The van der Waals surface area contributed by atoms with Gasteiger partial charge < -0.3 is 14.9 Å². The van der Waals surface area contributed by atoms with Gasteiger partial charge in [0.2, 0.25) is 0 Å². The van der Waals surface area contributed by atoms with Crippen molar-refractivity contribution < 1.29 is 0 Å². The Kier molecular flexibility index (Phi) is 3.33. The van der Waals surface area contributed by atoms with Gasteiger partial charge in [0.15, 0.2) is 0 Å². The minimum absolute atomic E-state index is 0.860. The van der Waals surface area contributed by atoms with Gasteiger partial charge in [-0.05, 0) is 24.6 Å². The molecule has 1 aromatic carbocycles. The van der Waals surface area contributed by atoms with Crippen molar-refractivity contribution in [3.63, 3.8) is 0 Å². The van der Waals surface area contributed by atoms with Crippen LogP contribution in [0, 0.1) is 0 Å². The van der Waals surface area contributed by atoms with Crippen LogP contribution in [0.1, 0.15) is 11.3 Å². The van der Waals surface area contributed by atoms with Crippen LogP contribution in [0.25, 0.3) is 10.9 Å². The summed E-state index contributed by atoms with van der Waals surface area (Å²) < 4.78 is 2.04. The molecule has 4 heteroatoms. The summed E-state index contributed by atoms with van der Waals surface area (Å²) in [5.74, 6) is 0. The molecule has 3 aromatic rings. The summed E-state index contributed by atoms with van der Waals surface area (Å²) in [6.07, 6.45) is 6.87. The lowest BCUT2D eigenvalue weighted by molar-refractivity contribution is 0.654. The van der Waals surface area contributed by atoms with Crippen LogP contribution in [-0.2, 0) is 20.0 Å². The zero-order chi connectivity index (χ0) is 13.1. The number of aromatic nitrogens is 3. The van der Waals surface area contributed by atoms with Crippen molar-refractivity contribution in [2.45, 2.75) is 13.0 Å². The molecule has 2 N–H and O–H groups in total. The van der Waals surface area contributed by atoms with Gasteiger partial charge in [0, 0.05) is 36.9 Å². The monoisotopic (exact) mass is 254 g/mol. The fourth-order valence-electron chi connectivity index (χ4n) is 2.33. The number of rotatable bonds is 5. The smallest absolute Gasteiger partial charge is 0.0945 e. The first-order valence-electron chi connectivity index (χ1n) is 6.55. The van der Waals surface area contributed by atoms with E-state index in [-0.39, 0.29) is 0 Å². The zero-order valence-corrected chi connectivity index (χ0v) is 11.1. The summed E-state index contributed by atoms with van der Waals surface area (Å²) in [7, 11) is 2.02. The van der Waals surface area contributed by atoms with Gasteiger partial charge in [0.05, 0.1) is 12.0 Å². The third-order valence-electron chi connectivity index (χ3n) is 3.47. The summed E-state index contributed by atoms with van der Waals surface area (Å²) in [5.41, 5.74) is 3.79. The molecular formula is C15H18N4. The number of imidazole rings is 1. The topological polar surface area (TPSA) is 45.6 Å². The van der Waals surface area contributed by atoms with E-state index in [1.807, 2.05) is 24.1 Å². The van der Waals surface area contributed by atoms with Crippen LogP contribution in [-0.4, -0.2) is 21.1 Å². The van der Waals surface area contributed by atoms with Crippen LogP contribution in [0.5, 0.6) is 0 Å². The van der Waals surface area contributed by atoms with Gasteiger partial charge >= 0.3 is 0 Å². The largest absolute Gasteiger partial charge is 0.361 e. The molecular weight excluding hydrogens is 236 g/mol. The van der Waals surface area contributed by atoms with Crippen LogP contribution < -0.4 is 5.32 Å². The van der Waals surface area contributed by atoms with Gasteiger partial charge in [-0.3, -0.25) is 0 Å². The predicted octanol–water partition coefficient (Wildman–Crippen LogP) is 2.23. The van der Waals surface area contributed by atoms with E-state index in [2.05, 4.69) is 45.7 Å². The molecule has 0 unspecified atom stereocenters. The number of hydrogen-bond acceptors (Lipinski definition) is 2. The molecule has 0 aliphatic heterocycles. The highest BCUT2D eigenvalue weighted by Crippen LogP contribution is 2.17. The Labute approximate surface area is 112 Å². The third-order valence-corrected chi connectivity index (χ3v) is 3.47. The molecule has 3 rings (SSSR count). The second-order valence-electron chi connectivity index (χ2n) is 4.78. The maximum Gasteiger partial charge on any atom is 0.0945 e. The van der Waals surface area contributed by atoms with E-state index in [1.54, 1.807) is 0 Å². The number of aryl methyl sites for hydroxylation is 1. The van der Waals surface area contributed by atoms with Gasteiger partial charge in [-0.15, -0.1) is 0 Å². The van der Waals surface area contributed by atoms with Crippen LogP contribution in [0.15, 0.2) is 43.0 Å². The van der Waals surface area contributed by atoms with E-state index >= 15 is 0 Å². The Balaban J connectivity index is 1.57. The molecule has 0 saturated carbocycles. The minimum atomic E-state index is 0.860. The molecule has 98 valence electrons. The molecule has 0 saturated heterocycles. The Morgan fingerprint density at radius 2 is 2.21 bits per heavy atom. The van der Waals surface area contributed by atoms with E-state index < -0.39 is 0 Å². The molecule has 0 amide bonds. The summed E-state index contributed by atoms with van der Waals surface area (Å²) >= 11 is 0. The molecule has 0 aliphatic rings. The second-order valence-corrected chi connectivity index (χ2v) is 4.78. The van der Waals surface area contributed by atoms with Crippen LogP contribution in [0.4, 0.5) is 0 Å². The highest BCUT2D eigenvalue weighted by atomic mass is 15.0. The van der Waals surface area contributed by atoms with Gasteiger partial charge in [-0.25, -0.2) is 4.98 Å². The summed E-state index contributed by atoms with van der Waals surface area (Å²) in [4.78, 5) is 7.42. The normalized spacial score (nSPS) is 11.2. The number of benzene rings is 1. The molecule has 0 bridgehead atoms. The third kappa shape index (κ3) is 2.53. The lowest BCUT2D eigenvalue weighted by atomic mass is 10.1. The highest BCUT2D eigenvalue weighted by molar-refractivity contribution is 5.83. The Morgan fingerprint density at radius 1 is 1.32 bits per heavy atom. The summed E-state index contributed by atoms with van der Waals surface area (Å²) in [5, 5.41) is 4.78. The van der Waals surface area contributed by atoms with Crippen LogP contribution >= 0.6 is 0 Å². The van der Waals surface area contributed by atoms with Gasteiger partial charge in [-0.1, -0.05) is 18.2 Å². The first-order valence-corrected chi connectivity index (χ1v) is 6.55. The second kappa shape index (κ2) is 5.28. The highest BCUT2D eigenvalue weighted by Gasteiger charge is 2.02. The van der Waals surface area contributed by atoms with E-state index in [0.29, 0.717) is 0 Å². The average Bonchev–Trinajstić information content (AvgIpc) is 3.02. The number of nitrogens with zero attached hydrogens (tertiary/aromatic N) is 2. The number of hydrogen-bond donors (Lipinski definition) is 2. The molecule has 0 atom stereocenters. The van der Waals surface area contributed by atoms with E-state index in [4.69, 9.17) is 0 Å². The predicted molar refractivity (Wildman–Crippen MR) is 76.9 cm³/mol. The van der Waals surface area contributed by atoms with Gasteiger partial charge in [0.25, 0.3) is 0 Å². The maximum absolute atomic E-state index is 4.11. The molecule has 0 aliphatic carbocycles. The Bertz CT molecular complexity index is 665. The number of para-hydroxylation sites is 1. The molecule has 19 heavy (non-hydrogen) atoms. The summed E-state index contributed by atoms with van der Waals surface area (Å²) in [6.45, 7) is 1.83. The summed E-state index contributed by atoms with van der Waals surface area (Å²) in [6, 6.07) is 8.43. The Morgan fingerprint density at radius 3 is 3.05 bits per heavy atom. The SMILES string of the molecule is Cn1cncc1CNCCc1c[nH]c2ccccc12. The van der Waals surface area contributed by atoms with E-state index in [9.17, 15) is 0 Å². The average molecular weight is 254 g/mol.